The first-order valence-corrected chi connectivity index (χ1v) is 15.4. The molecule has 44 heavy (non-hydrogen) atoms. The van der Waals surface area contributed by atoms with Crippen molar-refractivity contribution in [3.8, 4) is 33.4 Å². The molecule has 0 fully saturated rings. The third-order valence-electron chi connectivity index (χ3n) is 9.19. The normalized spacial score (nSPS) is 13.0. The number of hydrogen-bond acceptors (Lipinski definition) is 1. The molecule has 0 aliphatic heterocycles. The quantitative estimate of drug-likeness (QED) is 0.201. The second kappa shape index (κ2) is 10.4. The molecule has 1 aliphatic rings. The minimum Gasteiger partial charge on any atom is -0.310 e. The first kappa shape index (κ1) is 26.2. The van der Waals surface area contributed by atoms with Gasteiger partial charge >= 0.3 is 0 Å². The number of fused-ring (bicyclic) bond motifs is 5. The van der Waals surface area contributed by atoms with Crippen molar-refractivity contribution in [2.45, 2.75) is 19.3 Å². The van der Waals surface area contributed by atoms with Crippen LogP contribution in [0.15, 0.2) is 164 Å². The van der Waals surface area contributed by atoms with E-state index in [9.17, 15) is 0 Å². The Morgan fingerprint density at radius 3 is 1.77 bits per heavy atom. The zero-order valence-corrected chi connectivity index (χ0v) is 25.0. The fraction of sp³-hybridized carbons (Fsp3) is 0.0698. The third kappa shape index (κ3) is 4.24. The second-order valence-electron chi connectivity index (χ2n) is 12.2. The van der Waals surface area contributed by atoms with Crippen molar-refractivity contribution in [3.05, 3.63) is 175 Å². The Morgan fingerprint density at radius 1 is 0.432 bits per heavy atom. The topological polar surface area (TPSA) is 3.24 Å². The van der Waals surface area contributed by atoms with E-state index in [0.29, 0.717) is 0 Å². The molecule has 0 saturated carbocycles. The molecule has 0 atom stereocenters. The van der Waals surface area contributed by atoms with E-state index in [2.05, 4.69) is 183 Å². The summed E-state index contributed by atoms with van der Waals surface area (Å²) in [5.41, 5.74) is 13.7. The third-order valence-corrected chi connectivity index (χ3v) is 9.19. The molecule has 0 bridgehead atoms. The largest absolute Gasteiger partial charge is 0.310 e. The molecule has 0 heterocycles. The van der Waals surface area contributed by atoms with E-state index in [1.54, 1.807) is 0 Å². The maximum Gasteiger partial charge on any atom is 0.0467 e. The Kier molecular flexibility index (Phi) is 6.20. The number of para-hydroxylation sites is 1. The maximum absolute atomic E-state index is 2.43. The minimum atomic E-state index is -0.181. The zero-order valence-electron chi connectivity index (χ0n) is 25.0. The molecule has 7 aromatic rings. The summed E-state index contributed by atoms with van der Waals surface area (Å²) in [6.45, 7) is 4.79. The molecule has 0 radical (unpaired) electrons. The molecule has 0 aromatic heterocycles. The summed E-state index contributed by atoms with van der Waals surface area (Å²) in [5, 5.41) is 2.62. The fourth-order valence-electron chi connectivity index (χ4n) is 7.14. The van der Waals surface area contributed by atoms with E-state index in [4.69, 9.17) is 0 Å². The first-order valence-electron chi connectivity index (χ1n) is 15.4. The molecule has 0 saturated heterocycles. The van der Waals surface area contributed by atoms with Gasteiger partial charge in [0.1, 0.15) is 0 Å². The molecule has 210 valence electrons. The Bertz CT molecular complexity index is 2130. The van der Waals surface area contributed by atoms with Gasteiger partial charge in [-0.25, -0.2) is 0 Å². The average molecular weight is 564 g/mol. The molecule has 0 unspecified atom stereocenters. The van der Waals surface area contributed by atoms with E-state index >= 15 is 0 Å². The van der Waals surface area contributed by atoms with Gasteiger partial charge in [-0.3, -0.25) is 0 Å². The summed E-state index contributed by atoms with van der Waals surface area (Å²) in [7, 11) is 0. The molecule has 8 rings (SSSR count). The van der Waals surface area contributed by atoms with Crippen molar-refractivity contribution >= 4 is 27.8 Å². The van der Waals surface area contributed by atoms with Crippen LogP contribution < -0.4 is 4.90 Å². The Labute approximate surface area is 259 Å². The van der Waals surface area contributed by atoms with Gasteiger partial charge in [-0.1, -0.05) is 135 Å². The summed E-state index contributed by atoms with van der Waals surface area (Å²) < 4.78 is 0. The van der Waals surface area contributed by atoms with Gasteiger partial charge in [-0.2, -0.15) is 0 Å². The van der Waals surface area contributed by atoms with Crippen LogP contribution in [0.2, 0.25) is 0 Å². The monoisotopic (exact) mass is 563 g/mol. The van der Waals surface area contributed by atoms with Gasteiger partial charge in [0.15, 0.2) is 0 Å². The second-order valence-corrected chi connectivity index (χ2v) is 12.2. The van der Waals surface area contributed by atoms with Crippen LogP contribution in [0.3, 0.4) is 0 Å². The molecule has 0 N–H and O–H groups in total. The lowest BCUT2D eigenvalue weighted by Gasteiger charge is -2.28. The van der Waals surface area contributed by atoms with Crippen LogP contribution in [0.1, 0.15) is 25.0 Å². The lowest BCUT2D eigenvalue weighted by molar-refractivity contribution is 0.666. The van der Waals surface area contributed by atoms with Gasteiger partial charge in [0.2, 0.25) is 0 Å². The van der Waals surface area contributed by atoms with Crippen LogP contribution in [-0.4, -0.2) is 0 Å². The predicted octanol–water partition coefficient (Wildman–Crippen LogP) is 11.9. The van der Waals surface area contributed by atoms with E-state index < -0.39 is 0 Å². The number of hydrogen-bond donors (Lipinski definition) is 0. The number of nitrogens with zero attached hydrogens (tertiary/aromatic N) is 1. The molecular formula is C43H33N. The summed E-state index contributed by atoms with van der Waals surface area (Å²) in [6, 6.07) is 59.4. The highest BCUT2D eigenvalue weighted by molar-refractivity contribution is 6.05. The minimum absolute atomic E-state index is 0.181. The van der Waals surface area contributed by atoms with Crippen LogP contribution in [0.4, 0.5) is 17.1 Å². The highest BCUT2D eigenvalue weighted by Gasteiger charge is 2.39. The molecule has 7 aromatic carbocycles. The Hall–Kier alpha value is -5.40. The van der Waals surface area contributed by atoms with Crippen LogP contribution in [0.5, 0.6) is 0 Å². The lowest BCUT2D eigenvalue weighted by Crippen LogP contribution is -2.17. The zero-order chi connectivity index (χ0) is 29.7. The molecule has 1 aliphatic carbocycles. The maximum atomic E-state index is 2.43. The number of anilines is 3. The molecule has 0 spiro atoms. The molecule has 1 nitrogen and oxygen atoms in total. The standard InChI is InChI=1S/C43H33N/c1-43(2)40-29-36(44(34-21-10-5-11-22-34)35-23-14-20-32(27-35)30-15-6-3-7-16-30)25-26-38(40)41-39(31-17-8-4-9-18-31)28-33-19-12-13-24-37(33)42(41)43/h3-29H,1-2H3. The van der Waals surface area contributed by atoms with Gasteiger partial charge in [0.25, 0.3) is 0 Å². The molecule has 0 amide bonds. The first-order chi connectivity index (χ1) is 21.6. The predicted molar refractivity (Wildman–Crippen MR) is 187 cm³/mol. The van der Waals surface area contributed by atoms with E-state index in [0.717, 1.165) is 17.1 Å². The van der Waals surface area contributed by atoms with Crippen molar-refractivity contribution in [2.75, 3.05) is 4.90 Å². The van der Waals surface area contributed by atoms with Crippen molar-refractivity contribution in [1.82, 2.24) is 0 Å². The SMILES string of the molecule is CC1(C)c2cc(N(c3ccccc3)c3cccc(-c4ccccc4)c3)ccc2-c2c(-c3ccccc3)cc3ccccc3c21. The lowest BCUT2D eigenvalue weighted by atomic mass is 9.79. The Balaban J connectivity index is 1.34. The molecular weight excluding hydrogens is 530 g/mol. The summed E-state index contributed by atoms with van der Waals surface area (Å²) in [5.74, 6) is 0. The van der Waals surface area contributed by atoms with Gasteiger partial charge < -0.3 is 4.90 Å². The van der Waals surface area contributed by atoms with Gasteiger partial charge in [0.05, 0.1) is 0 Å². The number of benzene rings is 7. The molecule has 1 heteroatoms. The highest BCUT2D eigenvalue weighted by Crippen LogP contribution is 2.56. The van der Waals surface area contributed by atoms with E-state index in [1.165, 1.54) is 55.3 Å². The van der Waals surface area contributed by atoms with Gasteiger partial charge in [0, 0.05) is 22.5 Å². The Morgan fingerprint density at radius 2 is 1.02 bits per heavy atom. The van der Waals surface area contributed by atoms with Crippen LogP contribution in [0.25, 0.3) is 44.2 Å². The summed E-state index contributed by atoms with van der Waals surface area (Å²) in [4.78, 5) is 2.39. The summed E-state index contributed by atoms with van der Waals surface area (Å²) in [6.07, 6.45) is 0. The van der Waals surface area contributed by atoms with Crippen LogP contribution in [0, 0.1) is 0 Å². The van der Waals surface area contributed by atoms with Crippen molar-refractivity contribution in [3.63, 3.8) is 0 Å². The van der Waals surface area contributed by atoms with E-state index in [1.807, 2.05) is 0 Å². The average Bonchev–Trinajstić information content (AvgIpc) is 3.32. The number of rotatable bonds is 5. The van der Waals surface area contributed by atoms with Crippen molar-refractivity contribution in [2.24, 2.45) is 0 Å². The fourth-order valence-corrected chi connectivity index (χ4v) is 7.14. The van der Waals surface area contributed by atoms with Crippen molar-refractivity contribution in [1.29, 1.82) is 0 Å². The van der Waals surface area contributed by atoms with Gasteiger partial charge in [-0.05, 0) is 97.7 Å². The van der Waals surface area contributed by atoms with E-state index in [-0.39, 0.29) is 5.41 Å². The highest BCUT2D eigenvalue weighted by atomic mass is 15.1. The van der Waals surface area contributed by atoms with Crippen LogP contribution in [-0.2, 0) is 5.41 Å². The van der Waals surface area contributed by atoms with Gasteiger partial charge in [-0.15, -0.1) is 0 Å². The smallest absolute Gasteiger partial charge is 0.0467 e. The van der Waals surface area contributed by atoms with Crippen LogP contribution >= 0.6 is 0 Å². The summed E-state index contributed by atoms with van der Waals surface area (Å²) >= 11 is 0. The van der Waals surface area contributed by atoms with Crippen molar-refractivity contribution < 1.29 is 0 Å².